The van der Waals surface area contributed by atoms with E-state index in [9.17, 15) is 9.90 Å². The smallest absolute Gasteiger partial charge is 0.319 e. The zero-order chi connectivity index (χ0) is 15.9. The zero-order valence-corrected chi connectivity index (χ0v) is 12.3. The molecule has 0 saturated heterocycles. The van der Waals surface area contributed by atoms with Crippen LogP contribution in [0.3, 0.4) is 0 Å². The van der Waals surface area contributed by atoms with Gasteiger partial charge in [-0.3, -0.25) is 0 Å². The van der Waals surface area contributed by atoms with Crippen LogP contribution >= 0.6 is 11.6 Å². The molecule has 0 spiro atoms. The Morgan fingerprint density at radius 3 is 2.64 bits per heavy atom. The molecule has 112 valence electrons. The minimum Gasteiger partial charge on any atom is -0.387 e. The van der Waals surface area contributed by atoms with E-state index >= 15 is 0 Å². The maximum absolute atomic E-state index is 11.7. The Morgan fingerprint density at radius 1 is 1.27 bits per heavy atom. The van der Waals surface area contributed by atoms with Crippen molar-refractivity contribution in [1.29, 1.82) is 5.26 Å². The fraction of sp³-hybridized carbons (Fsp3) is 0.125. The number of halogens is 1. The van der Waals surface area contributed by atoms with Crippen LogP contribution in [0.2, 0.25) is 5.02 Å². The predicted molar refractivity (Wildman–Crippen MR) is 84.6 cm³/mol. The summed E-state index contributed by atoms with van der Waals surface area (Å²) in [6.45, 7) is 0.0580. The molecule has 0 saturated carbocycles. The average Bonchev–Trinajstić information content (AvgIpc) is 2.53. The largest absolute Gasteiger partial charge is 0.387 e. The fourth-order valence-electron chi connectivity index (χ4n) is 1.82. The van der Waals surface area contributed by atoms with E-state index < -0.39 is 12.1 Å². The van der Waals surface area contributed by atoms with Gasteiger partial charge < -0.3 is 15.7 Å². The Kier molecular flexibility index (Phi) is 5.37. The zero-order valence-electron chi connectivity index (χ0n) is 11.6. The topological polar surface area (TPSA) is 85.2 Å². The van der Waals surface area contributed by atoms with Crippen molar-refractivity contribution in [3.05, 3.63) is 64.7 Å². The van der Waals surface area contributed by atoms with Crippen molar-refractivity contribution in [2.75, 3.05) is 11.9 Å². The highest BCUT2D eigenvalue weighted by Crippen LogP contribution is 2.17. The van der Waals surface area contributed by atoms with Gasteiger partial charge in [0.15, 0.2) is 0 Å². The third kappa shape index (κ3) is 4.48. The summed E-state index contributed by atoms with van der Waals surface area (Å²) < 4.78 is 0. The van der Waals surface area contributed by atoms with Crippen LogP contribution in [0.15, 0.2) is 48.5 Å². The number of hydrogen-bond donors (Lipinski definition) is 3. The molecule has 5 nitrogen and oxygen atoms in total. The summed E-state index contributed by atoms with van der Waals surface area (Å²) in [5.41, 5.74) is 1.71. The first kappa shape index (κ1) is 15.8. The van der Waals surface area contributed by atoms with Gasteiger partial charge in [-0.1, -0.05) is 23.7 Å². The number of carbonyl (C=O) groups excluding carboxylic acids is 1. The van der Waals surface area contributed by atoms with Crippen LogP contribution in [-0.2, 0) is 0 Å². The van der Waals surface area contributed by atoms with E-state index in [-0.39, 0.29) is 6.54 Å². The summed E-state index contributed by atoms with van der Waals surface area (Å²) in [4.78, 5) is 11.7. The number of carbonyl (C=O) groups is 1. The van der Waals surface area contributed by atoms with Gasteiger partial charge >= 0.3 is 6.03 Å². The van der Waals surface area contributed by atoms with Crippen LogP contribution in [0.25, 0.3) is 0 Å². The number of urea groups is 1. The molecule has 2 aromatic rings. The van der Waals surface area contributed by atoms with Crippen molar-refractivity contribution in [2.24, 2.45) is 0 Å². The molecule has 3 N–H and O–H groups in total. The van der Waals surface area contributed by atoms with Crippen LogP contribution in [0.5, 0.6) is 0 Å². The van der Waals surface area contributed by atoms with Gasteiger partial charge in [0.25, 0.3) is 0 Å². The molecule has 22 heavy (non-hydrogen) atoms. The molecule has 2 rings (SSSR count). The van der Waals surface area contributed by atoms with E-state index in [0.29, 0.717) is 21.8 Å². The lowest BCUT2D eigenvalue weighted by Gasteiger charge is -2.13. The number of anilines is 1. The predicted octanol–water partition coefficient (Wildman–Crippen LogP) is 3.07. The molecule has 0 bridgehead atoms. The number of hydrogen-bond acceptors (Lipinski definition) is 3. The van der Waals surface area contributed by atoms with Gasteiger partial charge in [-0.15, -0.1) is 0 Å². The van der Waals surface area contributed by atoms with E-state index in [1.165, 1.54) is 0 Å². The van der Waals surface area contributed by atoms with E-state index in [1.54, 1.807) is 48.5 Å². The minimum atomic E-state index is -0.842. The standard InChI is InChI=1S/C16H14ClN3O2/c17-13-3-1-2-12(8-13)15(21)10-19-16(22)20-14-6-4-11(9-18)5-7-14/h1-8,15,21H,10H2,(H2,19,20,22)/t15-/m0/s1. The molecule has 1 atom stereocenters. The van der Waals surface area contributed by atoms with Gasteiger partial charge in [0.05, 0.1) is 17.7 Å². The Labute approximate surface area is 133 Å². The first-order valence-corrected chi connectivity index (χ1v) is 6.95. The van der Waals surface area contributed by atoms with E-state index in [0.717, 1.165) is 0 Å². The molecule has 0 fully saturated rings. The number of nitriles is 1. The van der Waals surface area contributed by atoms with Crippen LogP contribution in [0.4, 0.5) is 10.5 Å². The first-order valence-electron chi connectivity index (χ1n) is 6.57. The van der Waals surface area contributed by atoms with Crippen molar-refractivity contribution >= 4 is 23.3 Å². The van der Waals surface area contributed by atoms with Crippen molar-refractivity contribution in [1.82, 2.24) is 5.32 Å². The molecule has 0 radical (unpaired) electrons. The van der Waals surface area contributed by atoms with Gasteiger partial charge in [0, 0.05) is 17.3 Å². The highest BCUT2D eigenvalue weighted by molar-refractivity contribution is 6.30. The average molecular weight is 316 g/mol. The molecule has 2 aromatic carbocycles. The second-order valence-corrected chi connectivity index (χ2v) is 5.03. The Morgan fingerprint density at radius 2 is 2.00 bits per heavy atom. The molecular formula is C16H14ClN3O2. The van der Waals surface area contributed by atoms with Gasteiger partial charge in [-0.2, -0.15) is 5.26 Å². The summed E-state index contributed by atoms with van der Waals surface area (Å²) in [5.74, 6) is 0. The fourth-order valence-corrected chi connectivity index (χ4v) is 2.02. The van der Waals surface area contributed by atoms with Crippen molar-refractivity contribution in [2.45, 2.75) is 6.10 Å². The molecule has 0 aliphatic carbocycles. The number of rotatable bonds is 4. The highest BCUT2D eigenvalue weighted by Gasteiger charge is 2.10. The molecular weight excluding hydrogens is 302 g/mol. The molecule has 0 aliphatic rings. The quantitative estimate of drug-likeness (QED) is 0.810. The van der Waals surface area contributed by atoms with Crippen LogP contribution in [0, 0.1) is 11.3 Å². The SMILES string of the molecule is N#Cc1ccc(NC(=O)NC[C@H](O)c2cccc(Cl)c2)cc1. The molecule has 0 aliphatic heterocycles. The van der Waals surface area contributed by atoms with Crippen LogP contribution < -0.4 is 10.6 Å². The maximum atomic E-state index is 11.7. The third-order valence-corrected chi connectivity index (χ3v) is 3.20. The van der Waals surface area contributed by atoms with Gasteiger partial charge in [-0.05, 0) is 42.0 Å². The maximum Gasteiger partial charge on any atom is 0.319 e. The summed E-state index contributed by atoms with van der Waals surface area (Å²) in [6, 6.07) is 14.9. The number of aliphatic hydroxyl groups is 1. The molecule has 2 amide bonds. The molecule has 0 unspecified atom stereocenters. The third-order valence-electron chi connectivity index (χ3n) is 2.96. The lowest BCUT2D eigenvalue weighted by Crippen LogP contribution is -2.32. The lowest BCUT2D eigenvalue weighted by atomic mass is 10.1. The Balaban J connectivity index is 1.85. The van der Waals surface area contributed by atoms with Gasteiger partial charge in [0.1, 0.15) is 0 Å². The monoisotopic (exact) mass is 315 g/mol. The summed E-state index contributed by atoms with van der Waals surface area (Å²) in [6.07, 6.45) is -0.842. The van der Waals surface area contributed by atoms with Crippen LogP contribution in [0.1, 0.15) is 17.2 Å². The summed E-state index contributed by atoms with van der Waals surface area (Å²) in [5, 5.41) is 24.4. The number of nitrogens with zero attached hydrogens (tertiary/aromatic N) is 1. The minimum absolute atomic E-state index is 0.0580. The summed E-state index contributed by atoms with van der Waals surface area (Å²) >= 11 is 5.85. The van der Waals surface area contributed by atoms with Crippen molar-refractivity contribution in [3.63, 3.8) is 0 Å². The number of benzene rings is 2. The second kappa shape index (κ2) is 7.46. The van der Waals surface area contributed by atoms with E-state index in [4.69, 9.17) is 16.9 Å². The molecule has 6 heteroatoms. The lowest BCUT2D eigenvalue weighted by molar-refractivity contribution is 0.175. The van der Waals surface area contributed by atoms with Gasteiger partial charge in [-0.25, -0.2) is 4.79 Å². The normalized spacial score (nSPS) is 11.3. The van der Waals surface area contributed by atoms with E-state index in [2.05, 4.69) is 10.6 Å². The second-order valence-electron chi connectivity index (χ2n) is 4.59. The number of aliphatic hydroxyl groups excluding tert-OH is 1. The van der Waals surface area contributed by atoms with Gasteiger partial charge in [0.2, 0.25) is 0 Å². The summed E-state index contributed by atoms with van der Waals surface area (Å²) in [7, 11) is 0. The van der Waals surface area contributed by atoms with E-state index in [1.807, 2.05) is 6.07 Å². The van der Waals surface area contributed by atoms with Crippen LogP contribution in [-0.4, -0.2) is 17.7 Å². The molecule has 0 aromatic heterocycles. The highest BCUT2D eigenvalue weighted by atomic mass is 35.5. The van der Waals surface area contributed by atoms with Crippen molar-refractivity contribution in [3.8, 4) is 6.07 Å². The molecule has 0 heterocycles. The first-order chi connectivity index (χ1) is 10.6. The Hall–Kier alpha value is -2.55. The Bertz CT molecular complexity index is 695. The van der Waals surface area contributed by atoms with Crippen molar-refractivity contribution < 1.29 is 9.90 Å². The number of amides is 2. The number of nitrogens with one attached hydrogen (secondary N) is 2.